The van der Waals surface area contributed by atoms with Crippen LogP contribution in [0.5, 0.6) is 28.7 Å². The van der Waals surface area contributed by atoms with Crippen LogP contribution in [0.1, 0.15) is 131 Å². The molecule has 0 amide bonds. The molecule has 0 unspecified atom stereocenters. The number of aliphatic hydroxyl groups excluding tert-OH is 2. The van der Waals surface area contributed by atoms with Gasteiger partial charge >= 0.3 is 0 Å². The molecule has 1 heterocycles. The first kappa shape index (κ1) is 43.2. The third kappa shape index (κ3) is 8.56. The van der Waals surface area contributed by atoms with Crippen LogP contribution < -0.4 is 25.7 Å². The minimum absolute atomic E-state index is 0.0571. The molecular weight excluding hydrogens is 767 g/mol. The summed E-state index contributed by atoms with van der Waals surface area (Å²) in [6.45, 7) is 7.29. The average Bonchev–Trinajstić information content (AvgIpc) is 3.70. The van der Waals surface area contributed by atoms with Gasteiger partial charge < -0.3 is 46.1 Å². The standard InChI is InChI=1S/C51H69N3O7/c1-5-30-22-32(11-10-31(30)15-20-55)36-23-34-25-41(57)35(21-29(2)3)24-37(34)48-46(59-4)28-44-38(47(36)48)27-42(58)49(61-44)33-12-13-40(56)45(26-33)60-43-9-8-18-51(16-6-7-17-51)39(43)14-19-54-50(52)53/h10-13,24-26,28-32,36,39,42-43,49,55-58H,5-9,14-23,27H2,1-4H3,(H4,52,53,54)/t30-,31-,32+,36-,39+,42+,43-,49-/m0/s1. The molecule has 8 N–H and O–H groups in total. The van der Waals surface area contributed by atoms with Crippen molar-refractivity contribution >= 4 is 5.96 Å². The molecule has 61 heavy (non-hydrogen) atoms. The molecule has 8 rings (SSSR count). The summed E-state index contributed by atoms with van der Waals surface area (Å²) in [5.74, 6) is 3.97. The van der Waals surface area contributed by atoms with Gasteiger partial charge in [-0.2, -0.15) is 0 Å². The van der Waals surface area contributed by atoms with Gasteiger partial charge in [-0.15, -0.1) is 0 Å². The number of phenolic OH excluding ortho intramolecular Hbond substituents is 2. The highest BCUT2D eigenvalue weighted by molar-refractivity contribution is 5.84. The monoisotopic (exact) mass is 836 g/mol. The zero-order valence-corrected chi connectivity index (χ0v) is 36.7. The van der Waals surface area contributed by atoms with Crippen LogP contribution in [-0.2, 0) is 19.3 Å². The molecule has 2 saturated carbocycles. The van der Waals surface area contributed by atoms with E-state index in [0.717, 1.165) is 90.3 Å². The van der Waals surface area contributed by atoms with Crippen molar-refractivity contribution in [3.8, 4) is 39.9 Å². The van der Waals surface area contributed by atoms with Crippen molar-refractivity contribution in [2.24, 2.45) is 51.5 Å². The van der Waals surface area contributed by atoms with E-state index in [-0.39, 0.29) is 47.6 Å². The number of nitrogens with zero attached hydrogens (tertiary/aromatic N) is 1. The van der Waals surface area contributed by atoms with Gasteiger partial charge in [0.1, 0.15) is 29.5 Å². The van der Waals surface area contributed by atoms with Gasteiger partial charge in [0.15, 0.2) is 17.5 Å². The molecule has 4 aliphatic carbocycles. The van der Waals surface area contributed by atoms with Crippen molar-refractivity contribution in [2.75, 3.05) is 20.3 Å². The number of fused-ring (bicyclic) bond motifs is 5. The number of ether oxygens (including phenoxy) is 3. The van der Waals surface area contributed by atoms with Gasteiger partial charge in [0.25, 0.3) is 0 Å². The van der Waals surface area contributed by atoms with Gasteiger partial charge in [0.2, 0.25) is 0 Å². The van der Waals surface area contributed by atoms with Crippen molar-refractivity contribution < 1.29 is 34.6 Å². The smallest absolute Gasteiger partial charge is 0.185 e. The molecule has 8 atom stereocenters. The van der Waals surface area contributed by atoms with Crippen molar-refractivity contribution in [3.05, 3.63) is 76.4 Å². The molecule has 2 fully saturated rings. The predicted molar refractivity (Wildman–Crippen MR) is 240 cm³/mol. The summed E-state index contributed by atoms with van der Waals surface area (Å²) in [6.07, 6.45) is 16.4. The molecule has 0 radical (unpaired) electrons. The van der Waals surface area contributed by atoms with Gasteiger partial charge in [-0.25, -0.2) is 0 Å². The van der Waals surface area contributed by atoms with Crippen LogP contribution >= 0.6 is 0 Å². The molecule has 330 valence electrons. The van der Waals surface area contributed by atoms with Crippen LogP contribution in [0.15, 0.2) is 53.5 Å². The fraction of sp³-hybridized carbons (Fsp3) is 0.588. The van der Waals surface area contributed by atoms with Gasteiger partial charge in [-0.1, -0.05) is 58.3 Å². The van der Waals surface area contributed by atoms with E-state index in [2.05, 4.69) is 44.0 Å². The number of benzene rings is 3. The first-order valence-electron chi connectivity index (χ1n) is 23.2. The third-order valence-corrected chi connectivity index (χ3v) is 15.3. The molecule has 0 aromatic heterocycles. The van der Waals surface area contributed by atoms with E-state index >= 15 is 0 Å². The van der Waals surface area contributed by atoms with Gasteiger partial charge in [0, 0.05) is 42.7 Å². The maximum Gasteiger partial charge on any atom is 0.185 e. The number of methoxy groups -OCH3 is 1. The summed E-state index contributed by atoms with van der Waals surface area (Å²) in [5, 5.41) is 44.6. The average molecular weight is 836 g/mol. The van der Waals surface area contributed by atoms with Crippen LogP contribution in [0.2, 0.25) is 0 Å². The van der Waals surface area contributed by atoms with Crippen LogP contribution in [0, 0.1) is 35.0 Å². The highest BCUT2D eigenvalue weighted by atomic mass is 16.5. The van der Waals surface area contributed by atoms with Crippen molar-refractivity contribution in [2.45, 2.75) is 135 Å². The van der Waals surface area contributed by atoms with E-state index in [9.17, 15) is 20.4 Å². The second kappa shape index (κ2) is 18.1. The number of rotatable bonds is 13. The number of aromatic hydroxyl groups is 2. The summed E-state index contributed by atoms with van der Waals surface area (Å²) < 4.78 is 20.0. The first-order chi connectivity index (χ1) is 29.4. The van der Waals surface area contributed by atoms with Crippen molar-refractivity contribution in [1.29, 1.82) is 0 Å². The largest absolute Gasteiger partial charge is 0.508 e. The minimum Gasteiger partial charge on any atom is -0.508 e. The zero-order valence-electron chi connectivity index (χ0n) is 36.7. The molecule has 1 aliphatic heterocycles. The number of aliphatic hydroxyl groups is 2. The topological polar surface area (TPSA) is 173 Å². The quantitative estimate of drug-likeness (QED) is 0.0558. The third-order valence-electron chi connectivity index (χ3n) is 15.3. The fourth-order valence-electron chi connectivity index (χ4n) is 12.4. The Morgan fingerprint density at radius 2 is 1.75 bits per heavy atom. The molecule has 0 bridgehead atoms. The Labute approximate surface area is 362 Å². The number of guanidine groups is 1. The highest BCUT2D eigenvalue weighted by Crippen LogP contribution is 2.57. The van der Waals surface area contributed by atoms with Gasteiger partial charge in [-0.3, -0.25) is 4.99 Å². The summed E-state index contributed by atoms with van der Waals surface area (Å²) in [6, 6.07) is 11.5. The minimum atomic E-state index is -0.872. The molecular formula is C51H69N3O7. The highest BCUT2D eigenvalue weighted by Gasteiger charge is 2.48. The van der Waals surface area contributed by atoms with E-state index in [1.165, 1.54) is 32.1 Å². The SMILES string of the molecule is CC[C@H]1C[C@H]([C@@H]2Cc3cc(O)c(CC(C)C)cc3-c3c(OC)cc4c(c32)C[C@@H](O)[C@H](c2ccc(O)c(O[C@H]3CCCC5(CCCC5)[C@@H]3CCN=C(N)N)c2)O4)C=C[C@H]1CCO. The number of phenols is 2. The molecule has 10 nitrogen and oxygen atoms in total. The Hall–Kier alpha value is -4.41. The van der Waals surface area contributed by atoms with E-state index in [1.807, 2.05) is 24.3 Å². The Kier molecular flexibility index (Phi) is 12.9. The summed E-state index contributed by atoms with van der Waals surface area (Å²) >= 11 is 0. The molecule has 10 heteroatoms. The predicted octanol–water partition coefficient (Wildman–Crippen LogP) is 9.02. The Morgan fingerprint density at radius 1 is 0.967 bits per heavy atom. The molecule has 5 aliphatic rings. The second-order valence-corrected chi connectivity index (χ2v) is 19.4. The Bertz CT molecular complexity index is 2100. The lowest BCUT2D eigenvalue weighted by atomic mass is 9.62. The number of hydrogen-bond acceptors (Lipinski definition) is 8. The van der Waals surface area contributed by atoms with E-state index in [0.29, 0.717) is 53.7 Å². The zero-order chi connectivity index (χ0) is 43.0. The van der Waals surface area contributed by atoms with Gasteiger partial charge in [0.05, 0.1) is 13.2 Å². The van der Waals surface area contributed by atoms with E-state index in [1.54, 1.807) is 13.2 Å². The molecule has 3 aromatic carbocycles. The van der Waals surface area contributed by atoms with Crippen LogP contribution in [-0.4, -0.2) is 58.9 Å². The fourth-order valence-corrected chi connectivity index (χ4v) is 12.4. The maximum atomic E-state index is 12.2. The molecule has 1 spiro atoms. The Morgan fingerprint density at radius 3 is 2.48 bits per heavy atom. The summed E-state index contributed by atoms with van der Waals surface area (Å²) in [5.41, 5.74) is 18.6. The number of hydrogen-bond donors (Lipinski definition) is 6. The normalized spacial score (nSPS) is 27.5. The second-order valence-electron chi connectivity index (χ2n) is 19.4. The van der Waals surface area contributed by atoms with Crippen LogP contribution in [0.25, 0.3) is 11.1 Å². The lowest BCUT2D eigenvalue weighted by Crippen LogP contribution is -2.44. The number of allylic oxidation sites excluding steroid dienone is 2. The first-order valence-corrected chi connectivity index (χ1v) is 23.2. The Balaban J connectivity index is 1.16. The van der Waals surface area contributed by atoms with Crippen LogP contribution in [0.3, 0.4) is 0 Å². The van der Waals surface area contributed by atoms with Gasteiger partial charge in [-0.05, 0) is 151 Å². The summed E-state index contributed by atoms with van der Waals surface area (Å²) in [7, 11) is 1.71. The molecule has 3 aromatic rings. The van der Waals surface area contributed by atoms with Crippen LogP contribution in [0.4, 0.5) is 0 Å². The van der Waals surface area contributed by atoms with E-state index in [4.69, 9.17) is 25.7 Å². The number of nitrogens with two attached hydrogens (primary N) is 2. The van der Waals surface area contributed by atoms with E-state index < -0.39 is 12.2 Å². The lowest BCUT2D eigenvalue weighted by molar-refractivity contribution is -0.0148. The maximum absolute atomic E-state index is 12.2. The summed E-state index contributed by atoms with van der Waals surface area (Å²) in [4.78, 5) is 4.34. The lowest BCUT2D eigenvalue weighted by Gasteiger charge is -2.46. The molecule has 0 saturated heterocycles. The van der Waals surface area contributed by atoms with Crippen molar-refractivity contribution in [1.82, 2.24) is 0 Å². The van der Waals surface area contributed by atoms with Crippen molar-refractivity contribution in [3.63, 3.8) is 0 Å². The number of aliphatic imine (C=N–C) groups is 1.